The Bertz CT molecular complexity index is 1800. The van der Waals surface area contributed by atoms with E-state index in [2.05, 4.69) is 20.3 Å². The number of rotatable bonds is 9. The van der Waals surface area contributed by atoms with Crippen molar-refractivity contribution in [3.63, 3.8) is 0 Å². The van der Waals surface area contributed by atoms with E-state index in [1.807, 2.05) is 12.1 Å². The van der Waals surface area contributed by atoms with Crippen molar-refractivity contribution in [2.75, 3.05) is 7.11 Å². The van der Waals surface area contributed by atoms with Crippen LogP contribution in [0.4, 0.5) is 13.2 Å². The van der Waals surface area contributed by atoms with Crippen LogP contribution < -0.4 is 14.6 Å². The standard InChI is InChI=1S/C28H26ClF3N6O3S/c1-27(2,42(33)39)14-20(28(30,31)32)18-6-4-16(12-21(18)29)22-8-9-25-35-36-26(38(25)37-22)15-41-24-10-11-34-23-13-17(40-3)5-7-19(23)24/h4-13,20H,14-15,33H2,1-3H3/t20-,42?/m1/s1. The van der Waals surface area contributed by atoms with Gasteiger partial charge in [-0.05, 0) is 62.2 Å². The number of nitrogens with zero attached hydrogens (tertiary/aromatic N) is 5. The van der Waals surface area contributed by atoms with Crippen molar-refractivity contribution in [1.82, 2.24) is 24.8 Å². The molecule has 3 heterocycles. The summed E-state index contributed by atoms with van der Waals surface area (Å²) in [6.07, 6.45) is -3.49. The predicted molar refractivity (Wildman–Crippen MR) is 154 cm³/mol. The molecule has 0 fully saturated rings. The van der Waals surface area contributed by atoms with Crippen LogP contribution in [0.5, 0.6) is 11.5 Å². The zero-order chi connectivity index (χ0) is 30.2. The molecule has 0 bridgehead atoms. The molecule has 0 aliphatic rings. The molecule has 5 aromatic rings. The van der Waals surface area contributed by atoms with E-state index < -0.39 is 34.2 Å². The first-order valence-corrected chi connectivity index (χ1v) is 14.3. The summed E-state index contributed by atoms with van der Waals surface area (Å²) in [6.45, 7) is 2.89. The van der Waals surface area contributed by atoms with Crippen LogP contribution in [-0.2, 0) is 17.6 Å². The minimum absolute atomic E-state index is 0.0357. The number of ether oxygens (including phenoxy) is 2. The lowest BCUT2D eigenvalue weighted by Gasteiger charge is -2.29. The van der Waals surface area contributed by atoms with Gasteiger partial charge in [0.15, 0.2) is 11.5 Å². The lowest BCUT2D eigenvalue weighted by molar-refractivity contribution is -0.153. The molecule has 2 N–H and O–H groups in total. The number of fused-ring (bicyclic) bond motifs is 2. The van der Waals surface area contributed by atoms with Crippen molar-refractivity contribution in [3.8, 4) is 22.8 Å². The zero-order valence-electron chi connectivity index (χ0n) is 22.7. The Labute approximate surface area is 246 Å². The van der Waals surface area contributed by atoms with Crippen molar-refractivity contribution in [2.24, 2.45) is 5.14 Å². The van der Waals surface area contributed by atoms with Gasteiger partial charge in [-0.2, -0.15) is 22.8 Å². The highest BCUT2D eigenvalue weighted by Crippen LogP contribution is 2.44. The van der Waals surface area contributed by atoms with E-state index in [1.165, 1.54) is 36.6 Å². The van der Waals surface area contributed by atoms with E-state index in [9.17, 15) is 17.4 Å². The molecule has 220 valence electrons. The van der Waals surface area contributed by atoms with Gasteiger partial charge in [-0.15, -0.1) is 10.2 Å². The Morgan fingerprint density at radius 2 is 1.86 bits per heavy atom. The molecule has 2 atom stereocenters. The third kappa shape index (κ3) is 6.03. The maximum absolute atomic E-state index is 14.1. The molecule has 0 aliphatic carbocycles. The molecule has 0 amide bonds. The summed E-state index contributed by atoms with van der Waals surface area (Å²) in [7, 11) is -0.388. The monoisotopic (exact) mass is 618 g/mol. The normalized spacial score (nSPS) is 13.8. The lowest BCUT2D eigenvalue weighted by atomic mass is 9.88. The van der Waals surface area contributed by atoms with E-state index in [4.69, 9.17) is 26.2 Å². The van der Waals surface area contributed by atoms with Crippen molar-refractivity contribution >= 4 is 39.1 Å². The van der Waals surface area contributed by atoms with Crippen molar-refractivity contribution in [3.05, 3.63) is 77.2 Å². The van der Waals surface area contributed by atoms with E-state index in [1.54, 1.807) is 37.6 Å². The van der Waals surface area contributed by atoms with Crippen molar-refractivity contribution in [2.45, 2.75) is 43.7 Å². The Hall–Kier alpha value is -3.81. The van der Waals surface area contributed by atoms with Crippen LogP contribution in [0.25, 0.3) is 27.8 Å². The predicted octanol–water partition coefficient (Wildman–Crippen LogP) is 6.02. The number of hydrogen-bond acceptors (Lipinski definition) is 7. The molecule has 2 aromatic carbocycles. The highest BCUT2D eigenvalue weighted by molar-refractivity contribution is 7.84. The van der Waals surface area contributed by atoms with E-state index in [-0.39, 0.29) is 17.2 Å². The number of nitrogens with two attached hydrogens (primary N) is 1. The molecule has 1 unspecified atom stereocenters. The van der Waals surface area contributed by atoms with Crippen LogP contribution in [0.2, 0.25) is 5.02 Å². The summed E-state index contributed by atoms with van der Waals surface area (Å²) in [4.78, 5) is 4.36. The van der Waals surface area contributed by atoms with Crippen LogP contribution in [0.3, 0.4) is 0 Å². The first kappa shape index (κ1) is 29.7. The zero-order valence-corrected chi connectivity index (χ0v) is 24.3. The summed E-state index contributed by atoms with van der Waals surface area (Å²) in [5.41, 5.74) is 1.95. The van der Waals surface area contributed by atoms with Gasteiger partial charge in [-0.1, -0.05) is 23.7 Å². The number of benzene rings is 2. The molecule has 0 spiro atoms. The fourth-order valence-corrected chi connectivity index (χ4v) is 5.16. The fourth-order valence-electron chi connectivity index (χ4n) is 4.52. The lowest BCUT2D eigenvalue weighted by Crippen LogP contribution is -2.37. The van der Waals surface area contributed by atoms with Crippen LogP contribution in [0, 0.1) is 0 Å². The van der Waals surface area contributed by atoms with Gasteiger partial charge in [-0.3, -0.25) is 10.1 Å². The Morgan fingerprint density at radius 3 is 2.55 bits per heavy atom. The number of hydrogen-bond donors (Lipinski definition) is 1. The first-order valence-electron chi connectivity index (χ1n) is 12.7. The van der Waals surface area contributed by atoms with Gasteiger partial charge >= 0.3 is 6.18 Å². The summed E-state index contributed by atoms with van der Waals surface area (Å²) in [6, 6.07) is 14.8. The molecule has 5 rings (SSSR count). The summed E-state index contributed by atoms with van der Waals surface area (Å²) < 4.78 is 65.5. The van der Waals surface area contributed by atoms with Crippen molar-refractivity contribution in [1.29, 1.82) is 0 Å². The van der Waals surface area contributed by atoms with Gasteiger partial charge in [0, 0.05) is 28.2 Å². The highest BCUT2D eigenvalue weighted by Gasteiger charge is 2.45. The first-order chi connectivity index (χ1) is 19.9. The van der Waals surface area contributed by atoms with E-state index in [0.717, 1.165) is 5.39 Å². The average Bonchev–Trinajstić information content (AvgIpc) is 3.36. The van der Waals surface area contributed by atoms with Crippen LogP contribution in [0.1, 0.15) is 37.6 Å². The topological polar surface area (TPSA) is 118 Å². The van der Waals surface area contributed by atoms with E-state index >= 15 is 0 Å². The Kier molecular flexibility index (Phi) is 8.10. The average molecular weight is 619 g/mol. The third-order valence-electron chi connectivity index (χ3n) is 6.90. The van der Waals surface area contributed by atoms with Crippen LogP contribution in [0.15, 0.2) is 60.8 Å². The van der Waals surface area contributed by atoms with E-state index in [0.29, 0.717) is 39.7 Å². The second-order valence-corrected chi connectivity index (χ2v) is 12.3. The number of pyridine rings is 1. The van der Waals surface area contributed by atoms with Gasteiger partial charge in [0.2, 0.25) is 0 Å². The molecular formula is C28H26ClF3N6O3S. The molecular weight excluding hydrogens is 593 g/mol. The number of halogens is 4. The van der Waals surface area contributed by atoms with Gasteiger partial charge in [0.05, 0.1) is 40.0 Å². The molecule has 0 saturated heterocycles. The maximum atomic E-state index is 14.1. The largest absolute Gasteiger partial charge is 0.497 e. The molecule has 42 heavy (non-hydrogen) atoms. The van der Waals surface area contributed by atoms with Gasteiger partial charge < -0.3 is 9.47 Å². The fraction of sp³-hybridized carbons (Fsp3) is 0.286. The summed E-state index contributed by atoms with van der Waals surface area (Å²) >= 11 is 6.40. The Balaban J connectivity index is 1.42. The van der Waals surface area contributed by atoms with Gasteiger partial charge in [-0.25, -0.2) is 4.21 Å². The number of methoxy groups -OCH3 is 1. The minimum atomic E-state index is -4.62. The van der Waals surface area contributed by atoms with Crippen LogP contribution in [-0.4, -0.2) is 47.0 Å². The van der Waals surface area contributed by atoms with Crippen molar-refractivity contribution < 1.29 is 26.9 Å². The quantitative estimate of drug-likeness (QED) is 0.215. The molecule has 14 heteroatoms. The van der Waals surface area contributed by atoms with Crippen LogP contribution >= 0.6 is 11.6 Å². The number of aromatic nitrogens is 5. The van der Waals surface area contributed by atoms with Gasteiger partial charge in [0.25, 0.3) is 0 Å². The minimum Gasteiger partial charge on any atom is -0.497 e. The molecule has 0 radical (unpaired) electrons. The smallest absolute Gasteiger partial charge is 0.395 e. The SMILES string of the molecule is COc1ccc2c(OCc3nnc4ccc(-c5ccc([C@@H](CC(C)(C)S(N)=O)C(F)(F)F)c(Cl)c5)nn34)ccnc2c1. The second-order valence-electron chi connectivity index (χ2n) is 10.2. The Morgan fingerprint density at radius 1 is 1.07 bits per heavy atom. The molecule has 0 aliphatic heterocycles. The second kappa shape index (κ2) is 11.5. The maximum Gasteiger partial charge on any atom is 0.395 e. The highest BCUT2D eigenvalue weighted by atomic mass is 35.5. The molecule has 3 aromatic heterocycles. The molecule has 0 saturated carbocycles. The molecule has 9 nitrogen and oxygen atoms in total. The van der Waals surface area contributed by atoms with Gasteiger partial charge in [0.1, 0.15) is 18.1 Å². The number of alkyl halides is 3. The summed E-state index contributed by atoms with van der Waals surface area (Å²) in [5, 5.41) is 19.1. The third-order valence-corrected chi connectivity index (χ3v) is 8.48. The summed E-state index contributed by atoms with van der Waals surface area (Å²) in [5.74, 6) is -0.296.